The second kappa shape index (κ2) is 24.7. The summed E-state index contributed by atoms with van der Waals surface area (Å²) in [7, 11) is -9.89. The molecule has 59 heavy (non-hydrogen) atoms. The van der Waals surface area contributed by atoms with Gasteiger partial charge in [-0.25, -0.2) is 19.2 Å². The lowest BCUT2D eigenvalue weighted by Gasteiger charge is -2.34. The molecule has 4 rings (SSSR count). The summed E-state index contributed by atoms with van der Waals surface area (Å²) in [5, 5.41) is 0. The van der Waals surface area contributed by atoms with Crippen LogP contribution < -0.4 is 0 Å². The molecule has 0 atom stereocenters. The van der Waals surface area contributed by atoms with E-state index in [4.69, 9.17) is 60.2 Å². The lowest BCUT2D eigenvalue weighted by atomic mass is 10.2. The number of rotatable bonds is 26. The fraction of sp³-hybridized carbons (Fsp3) is 0.317. The average Bonchev–Trinajstić information content (AvgIpc) is 3.26. The molecule has 18 heteroatoms. The summed E-state index contributed by atoms with van der Waals surface area (Å²) in [4.78, 5) is 49.6. The van der Waals surface area contributed by atoms with E-state index in [2.05, 4.69) is 0 Å². The van der Waals surface area contributed by atoms with Gasteiger partial charge in [-0.3, -0.25) is 9.13 Å². The smallest absolute Gasteiger partial charge is 0.379 e. The van der Waals surface area contributed by atoms with Gasteiger partial charge < -0.3 is 37.0 Å². The molecule has 0 spiro atoms. The van der Waals surface area contributed by atoms with Gasteiger partial charge in [0.1, 0.15) is 0 Å². The number of halogens is 2. The summed E-state index contributed by atoms with van der Waals surface area (Å²) >= 11 is 13.4. The zero-order chi connectivity index (χ0) is 42.4. The zero-order valence-electron chi connectivity index (χ0n) is 31.9. The van der Waals surface area contributed by atoms with E-state index in [0.717, 1.165) is 0 Å². The molecule has 4 aromatic rings. The van der Waals surface area contributed by atoms with Crippen molar-refractivity contribution in [2.45, 2.75) is 29.5 Å². The largest absolute Gasteiger partial charge is 0.462 e. The lowest BCUT2D eigenvalue weighted by molar-refractivity contribution is 0.0465. The third-order valence-electron chi connectivity index (χ3n) is 7.83. The summed E-state index contributed by atoms with van der Waals surface area (Å²) < 4.78 is 69.8. The topological polar surface area (TPSA) is 176 Å². The molecule has 316 valence electrons. The third kappa shape index (κ3) is 15.0. The van der Waals surface area contributed by atoms with Gasteiger partial charge in [0.2, 0.25) is 0 Å². The lowest BCUT2D eigenvalue weighted by Crippen LogP contribution is -2.23. The van der Waals surface area contributed by atoms with Gasteiger partial charge >= 0.3 is 42.9 Å². The van der Waals surface area contributed by atoms with Crippen LogP contribution in [0.1, 0.15) is 67.1 Å². The number of hydrogen-bond acceptors (Lipinski definition) is 14. The fourth-order valence-corrected chi connectivity index (χ4v) is 10.1. The van der Waals surface area contributed by atoms with Crippen LogP contribution >= 0.6 is 38.4 Å². The van der Waals surface area contributed by atoms with E-state index in [-0.39, 0.29) is 52.1 Å². The van der Waals surface area contributed by atoms with Crippen LogP contribution in [0.25, 0.3) is 0 Å². The van der Waals surface area contributed by atoms with Crippen LogP contribution in [0.3, 0.4) is 0 Å². The maximum Gasteiger partial charge on any atom is 0.379 e. The number of alkyl halides is 2. The minimum absolute atomic E-state index is 0.0178. The van der Waals surface area contributed by atoms with Crippen LogP contribution in [0.4, 0.5) is 0 Å². The molecule has 0 heterocycles. The first-order chi connectivity index (χ1) is 28.5. The van der Waals surface area contributed by atoms with Gasteiger partial charge in [0.05, 0.1) is 75.1 Å². The van der Waals surface area contributed by atoms with Crippen LogP contribution in [0.2, 0.25) is 0 Å². The Kier molecular flexibility index (Phi) is 19.8. The van der Waals surface area contributed by atoms with Crippen LogP contribution in [0.5, 0.6) is 0 Å². The monoisotopic (exact) mass is 892 g/mol. The van der Waals surface area contributed by atoms with Crippen molar-refractivity contribution in [1.29, 1.82) is 0 Å². The van der Waals surface area contributed by atoms with Crippen LogP contribution in [0.15, 0.2) is 121 Å². The first-order valence-electron chi connectivity index (χ1n) is 18.5. The number of hydrogen-bond donors (Lipinski definition) is 0. The Bertz CT molecular complexity index is 1730. The summed E-state index contributed by atoms with van der Waals surface area (Å²) in [6.07, 6.45) is -0.0712. The predicted molar refractivity (Wildman–Crippen MR) is 219 cm³/mol. The molecule has 14 nitrogen and oxygen atoms in total. The second-order valence-corrected chi connectivity index (χ2v) is 19.4. The average molecular weight is 894 g/mol. The van der Waals surface area contributed by atoms with Gasteiger partial charge in [-0.1, -0.05) is 96.0 Å². The first kappa shape index (κ1) is 47.3. The quantitative estimate of drug-likeness (QED) is 0.0191. The molecule has 0 aliphatic rings. The van der Waals surface area contributed by atoms with Gasteiger partial charge in [-0.2, -0.15) is 0 Å². The van der Waals surface area contributed by atoms with E-state index in [0.29, 0.717) is 22.3 Å². The van der Waals surface area contributed by atoms with Gasteiger partial charge in [0, 0.05) is 25.7 Å². The molecule has 0 N–H and O–H groups in total. The Morgan fingerprint density at radius 3 is 0.780 bits per heavy atom. The molecule has 0 amide bonds. The Balaban J connectivity index is 1.43. The third-order valence-corrected chi connectivity index (χ3v) is 15.2. The Morgan fingerprint density at radius 1 is 0.373 bits per heavy atom. The zero-order valence-corrected chi connectivity index (χ0v) is 35.2. The van der Waals surface area contributed by atoms with Crippen molar-refractivity contribution in [1.82, 2.24) is 0 Å². The molecule has 0 aliphatic heterocycles. The Labute approximate surface area is 352 Å². The molecule has 0 radical (unpaired) electrons. The van der Waals surface area contributed by atoms with Crippen LogP contribution in [-0.2, 0) is 46.2 Å². The van der Waals surface area contributed by atoms with E-state index in [9.17, 15) is 28.3 Å². The van der Waals surface area contributed by atoms with Crippen LogP contribution in [-0.4, -0.2) is 80.5 Å². The van der Waals surface area contributed by atoms with Crippen molar-refractivity contribution in [2.75, 3.05) is 52.9 Å². The number of carbonyl (C=O) groups excluding carboxylic acids is 4. The molecular weight excluding hydrogens is 849 g/mol. The maximum absolute atomic E-state index is 14.6. The highest BCUT2D eigenvalue weighted by Gasteiger charge is 2.64. The van der Waals surface area contributed by atoms with E-state index in [1.54, 1.807) is 121 Å². The SMILES string of the molecule is O=C(OCCCOP(=O)(OCCCOC(=O)c1ccccc1)C(Cl)(Cl)P(=O)(OCCCOC(=O)c1ccccc1)OCCCOC(=O)c1ccccc1)c1ccccc1. The second-order valence-electron chi connectivity index (χ2n) is 12.3. The molecule has 0 saturated carbocycles. The van der Waals surface area contributed by atoms with E-state index < -0.39 is 69.3 Å². The molecule has 0 saturated heterocycles. The molecule has 0 bridgehead atoms. The molecule has 4 aromatic carbocycles. The summed E-state index contributed by atoms with van der Waals surface area (Å²) in [6, 6.07) is 33.0. The van der Waals surface area contributed by atoms with Crippen molar-refractivity contribution in [3.05, 3.63) is 144 Å². The highest BCUT2D eigenvalue weighted by atomic mass is 35.5. The van der Waals surface area contributed by atoms with Gasteiger partial charge in [-0.15, -0.1) is 0 Å². The minimum Gasteiger partial charge on any atom is -0.462 e. The van der Waals surface area contributed by atoms with Gasteiger partial charge in [0.25, 0.3) is 0 Å². The van der Waals surface area contributed by atoms with Crippen LogP contribution in [0, 0.1) is 0 Å². The van der Waals surface area contributed by atoms with Crippen molar-refractivity contribution < 1.29 is 65.4 Å². The van der Waals surface area contributed by atoms with Crippen molar-refractivity contribution in [3.63, 3.8) is 0 Å². The minimum atomic E-state index is -4.94. The molecular formula is C41H44Cl2O14P2. The number of ether oxygens (including phenoxy) is 4. The van der Waals surface area contributed by atoms with E-state index in [1.165, 1.54) is 0 Å². The maximum atomic E-state index is 14.6. The van der Waals surface area contributed by atoms with E-state index in [1.807, 2.05) is 0 Å². The van der Waals surface area contributed by atoms with Crippen molar-refractivity contribution >= 4 is 62.3 Å². The standard InChI is InChI=1S/C41H44Cl2O14P2/c42-41(43,58(48,54-29-13-25-50-37(44)33-17-5-1-6-18-33)55-30-14-26-51-38(45)34-19-7-2-8-20-34)59(49,56-31-15-27-52-39(46)35-21-9-3-10-22-35)57-32-16-28-53-40(47)36-23-11-4-12-24-36/h1-12,17-24H,13-16,25-32H2. The number of carbonyl (C=O) groups is 4. The number of esters is 4. The highest BCUT2D eigenvalue weighted by molar-refractivity contribution is 7.80. The predicted octanol–water partition coefficient (Wildman–Crippen LogP) is 9.52. The fourth-order valence-electron chi connectivity index (χ4n) is 4.80. The first-order valence-corrected chi connectivity index (χ1v) is 22.3. The van der Waals surface area contributed by atoms with Crippen molar-refractivity contribution in [3.8, 4) is 0 Å². The van der Waals surface area contributed by atoms with Crippen molar-refractivity contribution in [2.24, 2.45) is 0 Å². The Morgan fingerprint density at radius 2 is 0.576 bits per heavy atom. The highest BCUT2D eigenvalue weighted by Crippen LogP contribution is 2.81. The van der Waals surface area contributed by atoms with Gasteiger partial charge in [-0.05, 0) is 48.5 Å². The summed E-state index contributed by atoms with van der Waals surface area (Å²) in [5.74, 6) is -2.41. The summed E-state index contributed by atoms with van der Waals surface area (Å²) in [6.45, 7) is -2.32. The van der Waals surface area contributed by atoms with Gasteiger partial charge in [0.15, 0.2) is 0 Å². The molecule has 0 fully saturated rings. The number of benzene rings is 4. The molecule has 0 aromatic heterocycles. The van der Waals surface area contributed by atoms with E-state index >= 15 is 0 Å². The normalized spacial score (nSPS) is 11.7. The summed E-state index contributed by atoms with van der Waals surface area (Å²) in [5.41, 5.74) is 1.26. The molecule has 0 aliphatic carbocycles. The molecule has 0 unspecified atom stereocenters. The Hall–Kier alpha value is -4.36.